The summed E-state index contributed by atoms with van der Waals surface area (Å²) in [5, 5.41) is 5.39. The minimum Gasteiger partial charge on any atom is -0.298 e. The molecular weight excluding hydrogens is 405 g/mol. The van der Waals surface area contributed by atoms with Crippen molar-refractivity contribution in [3.05, 3.63) is 77.6 Å². The molecule has 0 amide bonds. The summed E-state index contributed by atoms with van der Waals surface area (Å²) in [4.78, 5) is 24.3. The van der Waals surface area contributed by atoms with Gasteiger partial charge in [0.25, 0.3) is 0 Å². The van der Waals surface area contributed by atoms with Crippen LogP contribution in [0, 0.1) is 5.82 Å². The van der Waals surface area contributed by atoms with E-state index < -0.39 is 0 Å². The number of halogens is 1. The van der Waals surface area contributed by atoms with Gasteiger partial charge in [-0.05, 0) is 68.4 Å². The molecule has 0 radical (unpaired) electrons. The van der Waals surface area contributed by atoms with Gasteiger partial charge in [-0.2, -0.15) is 5.10 Å². The molecule has 1 fully saturated rings. The van der Waals surface area contributed by atoms with Crippen molar-refractivity contribution in [3.63, 3.8) is 0 Å². The van der Waals surface area contributed by atoms with Crippen LogP contribution in [0.5, 0.6) is 0 Å². The molecule has 32 heavy (non-hydrogen) atoms. The summed E-state index contributed by atoms with van der Waals surface area (Å²) in [6, 6.07) is 11.4. The van der Waals surface area contributed by atoms with Crippen molar-refractivity contribution >= 4 is 16.7 Å². The van der Waals surface area contributed by atoms with Crippen LogP contribution in [0.2, 0.25) is 0 Å². The average molecular weight is 429 g/mol. The molecule has 162 valence electrons. The fourth-order valence-corrected chi connectivity index (χ4v) is 4.22. The first-order valence-corrected chi connectivity index (χ1v) is 10.8. The first kappa shape index (κ1) is 20.5. The maximum Gasteiger partial charge on any atom is 0.168 e. The van der Waals surface area contributed by atoms with Gasteiger partial charge in [-0.3, -0.25) is 19.4 Å². The van der Waals surface area contributed by atoms with E-state index in [0.717, 1.165) is 47.5 Å². The summed E-state index contributed by atoms with van der Waals surface area (Å²) in [5.74, 6) is -0.463. The number of rotatable bonds is 6. The summed E-state index contributed by atoms with van der Waals surface area (Å²) in [6.07, 6.45) is 6.25. The lowest BCUT2D eigenvalue weighted by Crippen LogP contribution is -2.20. The summed E-state index contributed by atoms with van der Waals surface area (Å²) in [7, 11) is 1.97. The van der Waals surface area contributed by atoms with Gasteiger partial charge in [0.2, 0.25) is 0 Å². The Hall–Kier alpha value is -3.45. The third-order valence-electron chi connectivity index (χ3n) is 6.05. The molecule has 0 atom stereocenters. The van der Waals surface area contributed by atoms with Gasteiger partial charge < -0.3 is 0 Å². The minimum atomic E-state index is -0.360. The zero-order valence-corrected chi connectivity index (χ0v) is 18.0. The zero-order valence-electron chi connectivity index (χ0n) is 18.0. The number of ketones is 1. The smallest absolute Gasteiger partial charge is 0.168 e. The van der Waals surface area contributed by atoms with Gasteiger partial charge in [-0.25, -0.2) is 9.37 Å². The number of pyridine rings is 2. The Morgan fingerprint density at radius 2 is 1.84 bits per heavy atom. The lowest BCUT2D eigenvalue weighted by atomic mass is 10.1. The van der Waals surface area contributed by atoms with Gasteiger partial charge >= 0.3 is 0 Å². The number of aromatic nitrogens is 4. The Kier molecular flexibility index (Phi) is 5.49. The van der Waals surface area contributed by atoms with Gasteiger partial charge in [0, 0.05) is 36.3 Å². The van der Waals surface area contributed by atoms with Gasteiger partial charge in [0.15, 0.2) is 5.78 Å². The first-order valence-electron chi connectivity index (χ1n) is 10.8. The Morgan fingerprint density at radius 1 is 1.06 bits per heavy atom. The molecular formula is C25H24FN5O. The second-order valence-electron chi connectivity index (χ2n) is 8.28. The molecule has 1 aliphatic heterocycles. The van der Waals surface area contributed by atoms with Crippen LogP contribution in [-0.2, 0) is 20.0 Å². The van der Waals surface area contributed by atoms with Crippen LogP contribution in [-0.4, -0.2) is 43.5 Å². The van der Waals surface area contributed by atoms with Crippen molar-refractivity contribution in [2.45, 2.75) is 25.8 Å². The van der Waals surface area contributed by atoms with Gasteiger partial charge in [-0.15, -0.1) is 0 Å². The Morgan fingerprint density at radius 3 is 2.62 bits per heavy atom. The lowest BCUT2D eigenvalue weighted by molar-refractivity contribution is 0.0992. The number of aryl methyl sites for hydroxylation is 1. The van der Waals surface area contributed by atoms with E-state index in [2.05, 4.69) is 15.0 Å². The van der Waals surface area contributed by atoms with E-state index >= 15 is 0 Å². The molecule has 4 heterocycles. The third kappa shape index (κ3) is 4.16. The second kappa shape index (κ2) is 8.59. The van der Waals surface area contributed by atoms with Crippen molar-refractivity contribution in [1.82, 2.24) is 24.6 Å². The summed E-state index contributed by atoms with van der Waals surface area (Å²) in [5.41, 5.74) is 4.94. The van der Waals surface area contributed by atoms with Crippen molar-refractivity contribution in [2.75, 3.05) is 13.1 Å². The van der Waals surface area contributed by atoms with E-state index in [0.29, 0.717) is 11.3 Å². The molecule has 0 aliphatic carbocycles. The fourth-order valence-electron chi connectivity index (χ4n) is 4.22. The summed E-state index contributed by atoms with van der Waals surface area (Å²) < 4.78 is 15.1. The number of carbonyl (C=O) groups is 1. The number of Topliss-reactive ketones (excluding diaryl/α,β-unsaturated/α-hetero) is 1. The fraction of sp³-hybridized carbons (Fsp3) is 0.280. The number of carbonyl (C=O) groups excluding carboxylic acids is 1. The Labute approximate surface area is 185 Å². The number of nitrogens with zero attached hydrogens (tertiary/aromatic N) is 5. The summed E-state index contributed by atoms with van der Waals surface area (Å²) >= 11 is 0. The van der Waals surface area contributed by atoms with E-state index in [9.17, 15) is 9.18 Å². The van der Waals surface area contributed by atoms with Gasteiger partial charge in [0.05, 0.1) is 35.2 Å². The number of hydrogen-bond acceptors (Lipinski definition) is 5. The molecule has 4 aromatic rings. The highest BCUT2D eigenvalue weighted by atomic mass is 19.1. The minimum absolute atomic E-state index is 0.104. The van der Waals surface area contributed by atoms with E-state index in [4.69, 9.17) is 4.98 Å². The maximum absolute atomic E-state index is 13.1. The van der Waals surface area contributed by atoms with Crippen LogP contribution in [0.4, 0.5) is 4.39 Å². The van der Waals surface area contributed by atoms with E-state index in [1.165, 1.54) is 37.1 Å². The molecule has 1 saturated heterocycles. The van der Waals surface area contributed by atoms with Crippen LogP contribution >= 0.6 is 0 Å². The van der Waals surface area contributed by atoms with Crippen LogP contribution in [0.25, 0.3) is 22.2 Å². The molecule has 0 saturated carbocycles. The lowest BCUT2D eigenvalue weighted by Gasteiger charge is -2.16. The molecule has 1 aromatic carbocycles. The van der Waals surface area contributed by atoms with E-state index in [-0.39, 0.29) is 18.0 Å². The highest BCUT2D eigenvalue weighted by molar-refractivity contribution is 5.97. The van der Waals surface area contributed by atoms with Gasteiger partial charge in [0.1, 0.15) is 5.82 Å². The highest BCUT2D eigenvalue weighted by Crippen LogP contribution is 2.26. The topological polar surface area (TPSA) is 63.9 Å². The molecule has 3 aromatic heterocycles. The quantitative estimate of drug-likeness (QED) is 0.430. The molecule has 0 bridgehead atoms. The van der Waals surface area contributed by atoms with Crippen molar-refractivity contribution in [3.8, 4) is 11.3 Å². The predicted octanol–water partition coefficient (Wildman–Crippen LogP) is 4.19. The van der Waals surface area contributed by atoms with Crippen molar-refractivity contribution < 1.29 is 9.18 Å². The molecule has 6 nitrogen and oxygen atoms in total. The molecule has 7 heteroatoms. The standard InChI is InChI=1S/C25H24FN5O/c1-30-24(16-31-10-2-3-11-31)21(15-28-30)22-9-6-18-14-27-20(12-23(18)29-22)13-25(32)17-4-7-19(26)8-5-17/h4-9,12,14-15H,2-3,10-11,13,16H2,1H3. The third-order valence-corrected chi connectivity index (χ3v) is 6.05. The molecule has 0 N–H and O–H groups in total. The number of fused-ring (bicyclic) bond motifs is 1. The molecule has 1 aliphatic rings. The zero-order chi connectivity index (χ0) is 22.1. The van der Waals surface area contributed by atoms with Crippen molar-refractivity contribution in [1.29, 1.82) is 0 Å². The van der Waals surface area contributed by atoms with E-state index in [1.54, 1.807) is 6.20 Å². The van der Waals surface area contributed by atoms with E-state index in [1.807, 2.05) is 36.1 Å². The average Bonchev–Trinajstić information content (AvgIpc) is 3.44. The van der Waals surface area contributed by atoms with Crippen LogP contribution in [0.3, 0.4) is 0 Å². The predicted molar refractivity (Wildman–Crippen MR) is 121 cm³/mol. The number of benzene rings is 1. The normalized spacial score (nSPS) is 14.3. The first-order chi connectivity index (χ1) is 15.6. The van der Waals surface area contributed by atoms with Crippen molar-refractivity contribution in [2.24, 2.45) is 7.05 Å². The largest absolute Gasteiger partial charge is 0.298 e. The highest BCUT2D eigenvalue weighted by Gasteiger charge is 2.18. The summed E-state index contributed by atoms with van der Waals surface area (Å²) in [6.45, 7) is 3.10. The Bertz CT molecular complexity index is 1280. The van der Waals surface area contributed by atoms with Crippen LogP contribution in [0.1, 0.15) is 34.6 Å². The molecule has 5 rings (SSSR count). The molecule has 0 spiro atoms. The van der Waals surface area contributed by atoms with Gasteiger partial charge in [-0.1, -0.05) is 0 Å². The second-order valence-corrected chi connectivity index (χ2v) is 8.28. The monoisotopic (exact) mass is 429 g/mol. The molecule has 0 unspecified atom stereocenters. The van der Waals surface area contributed by atoms with Crippen LogP contribution in [0.15, 0.2) is 54.9 Å². The maximum atomic E-state index is 13.1. The van der Waals surface area contributed by atoms with Crippen LogP contribution < -0.4 is 0 Å². The SMILES string of the molecule is Cn1ncc(-c2ccc3cnc(CC(=O)c4ccc(F)cc4)cc3n2)c1CN1CCCC1. The number of likely N-dealkylation sites (tertiary alicyclic amines) is 1. The number of hydrogen-bond donors (Lipinski definition) is 0. The Balaban J connectivity index is 1.43.